The molecule has 0 amide bonds. The number of rotatable bonds is 0. The number of hydrogen-bond acceptors (Lipinski definition) is 4. The Balaban J connectivity index is 0. The smallest absolute Gasteiger partial charge is 0.394 e. The summed E-state index contributed by atoms with van der Waals surface area (Å²) in [4.78, 5) is 0. The second-order valence-electron chi connectivity index (χ2n) is 1.30. The zero-order valence-electron chi connectivity index (χ0n) is 4.66. The summed E-state index contributed by atoms with van der Waals surface area (Å²) in [6, 6.07) is 0. The van der Waals surface area contributed by atoms with E-state index in [9.17, 15) is 0 Å². The third kappa shape index (κ3) is 664. The quantitative estimate of drug-likeness (QED) is 0.487. The van der Waals surface area contributed by atoms with E-state index in [0.717, 1.165) is 0 Å². The van der Waals surface area contributed by atoms with Crippen LogP contribution in [0.3, 0.4) is 0 Å². The van der Waals surface area contributed by atoms with Crippen molar-refractivity contribution in [2.75, 3.05) is 0 Å². The molecule has 1 N–H and O–H groups in total. The molecule has 0 aromatic carbocycles. The molecule has 0 saturated carbocycles. The van der Waals surface area contributed by atoms with Gasteiger partial charge in [-0.3, -0.25) is 0 Å². The maximum absolute atomic E-state index is 8.44. The summed E-state index contributed by atoms with van der Waals surface area (Å²) in [6.07, 6.45) is -0.167. The topological polar surface area (TPSA) is 71.4 Å². The molecule has 0 spiro atoms. The van der Waals surface area contributed by atoms with Gasteiger partial charge in [0.2, 0.25) is 0 Å². The maximum atomic E-state index is 8.44. The first-order valence-electron chi connectivity index (χ1n) is 1.91. The number of aliphatic hydroxyl groups excluding tert-OH is 1. The van der Waals surface area contributed by atoms with Gasteiger partial charge in [-0.1, -0.05) is 0 Å². The molecule has 0 aliphatic heterocycles. The number of aliphatic hydroxyl groups is 1. The van der Waals surface area contributed by atoms with E-state index in [-0.39, 0.29) is 6.10 Å². The van der Waals surface area contributed by atoms with Crippen LogP contribution in [-0.4, -0.2) is 23.8 Å². The lowest BCUT2D eigenvalue weighted by molar-refractivity contribution is 0.216. The highest BCUT2D eigenvalue weighted by atomic mass is 32.2. The van der Waals surface area contributed by atoms with Gasteiger partial charge in [-0.05, 0) is 13.8 Å². The Bertz CT molecular complexity index is 109. The molecule has 0 aliphatic rings. The van der Waals surface area contributed by atoms with Gasteiger partial charge in [-0.15, -0.1) is 12.6 Å². The Labute approximate surface area is 49.2 Å². The van der Waals surface area contributed by atoms with Gasteiger partial charge in [0.1, 0.15) is 0 Å². The first kappa shape index (κ1) is 10.5. The average molecular weight is 140 g/mol. The van der Waals surface area contributed by atoms with Gasteiger partial charge in [0.05, 0.1) is 0 Å². The highest BCUT2D eigenvalue weighted by Crippen LogP contribution is 1.65. The van der Waals surface area contributed by atoms with E-state index in [1.807, 2.05) is 0 Å². The standard InChI is InChI=1S/C3H8O.O3S/c1-3(2)4;1-4(2)3/h3-4H,1-2H3;. The molecule has 8 heavy (non-hydrogen) atoms. The molecule has 0 heterocycles. The first-order valence-corrected chi connectivity index (χ1v) is 2.91. The fourth-order valence-corrected chi connectivity index (χ4v) is 0. The summed E-state index contributed by atoms with van der Waals surface area (Å²) in [5, 5.41) is 8.06. The van der Waals surface area contributed by atoms with Crippen molar-refractivity contribution in [1.82, 2.24) is 0 Å². The summed E-state index contributed by atoms with van der Waals surface area (Å²) in [5.41, 5.74) is 0. The fraction of sp³-hybridized carbons (Fsp3) is 1.00. The summed E-state index contributed by atoms with van der Waals surface area (Å²) >= 11 is 0. The molecule has 0 radical (unpaired) electrons. The first-order chi connectivity index (χ1) is 3.46. The molecule has 0 rings (SSSR count). The van der Waals surface area contributed by atoms with E-state index in [0.29, 0.717) is 0 Å². The molecule has 0 fully saturated rings. The van der Waals surface area contributed by atoms with Crippen molar-refractivity contribution in [2.45, 2.75) is 20.0 Å². The molecule has 0 bridgehead atoms. The largest absolute Gasteiger partial charge is 0.425 e. The minimum Gasteiger partial charge on any atom is -0.394 e. The SMILES string of the molecule is CC(C)O.O=S(=O)=O. The zero-order chi connectivity index (χ0) is 7.15. The fourth-order valence-electron chi connectivity index (χ4n) is 0. The molecule has 0 atom stereocenters. The van der Waals surface area contributed by atoms with Crippen LogP contribution in [0.15, 0.2) is 0 Å². The molecule has 0 aromatic rings. The monoisotopic (exact) mass is 140 g/mol. The van der Waals surface area contributed by atoms with E-state index in [1.54, 1.807) is 13.8 Å². The predicted molar refractivity (Wildman–Crippen MR) is 27.1 cm³/mol. The molecule has 0 saturated heterocycles. The highest BCUT2D eigenvalue weighted by Gasteiger charge is 1.69. The Morgan fingerprint density at radius 2 is 1.25 bits per heavy atom. The van der Waals surface area contributed by atoms with Crippen molar-refractivity contribution >= 4 is 10.6 Å². The van der Waals surface area contributed by atoms with E-state index in [2.05, 4.69) is 0 Å². The van der Waals surface area contributed by atoms with Crippen molar-refractivity contribution in [3.63, 3.8) is 0 Å². The molecule has 0 unspecified atom stereocenters. The van der Waals surface area contributed by atoms with Crippen LogP contribution in [0, 0.1) is 0 Å². The van der Waals surface area contributed by atoms with Crippen LogP contribution in [-0.2, 0) is 10.6 Å². The summed E-state index contributed by atoms with van der Waals surface area (Å²) in [5.74, 6) is 0. The van der Waals surface area contributed by atoms with E-state index in [4.69, 9.17) is 17.7 Å². The highest BCUT2D eigenvalue weighted by molar-refractivity contribution is 7.59. The van der Waals surface area contributed by atoms with Crippen LogP contribution in [0.5, 0.6) is 0 Å². The Kier molecular flexibility index (Phi) is 8.67. The Hall–Kier alpha value is -0.420. The van der Waals surface area contributed by atoms with Crippen molar-refractivity contribution in [3.05, 3.63) is 0 Å². The minimum atomic E-state index is -3.11. The molecule has 4 nitrogen and oxygen atoms in total. The van der Waals surface area contributed by atoms with Gasteiger partial charge in [-0.25, -0.2) is 0 Å². The lowest BCUT2D eigenvalue weighted by Crippen LogP contribution is -1.85. The normalized spacial score (nSPS) is 7.50. The lowest BCUT2D eigenvalue weighted by atomic mass is 10.5. The maximum Gasteiger partial charge on any atom is 0.425 e. The third-order valence-corrected chi connectivity index (χ3v) is 0. The minimum absolute atomic E-state index is 0.167. The van der Waals surface area contributed by atoms with Crippen LogP contribution < -0.4 is 0 Å². The van der Waals surface area contributed by atoms with Crippen LogP contribution in [0.4, 0.5) is 0 Å². The van der Waals surface area contributed by atoms with E-state index in [1.165, 1.54) is 0 Å². The molecule has 0 aliphatic carbocycles. The van der Waals surface area contributed by atoms with Crippen molar-refractivity contribution in [1.29, 1.82) is 0 Å². The van der Waals surface area contributed by atoms with Crippen molar-refractivity contribution in [2.24, 2.45) is 0 Å². The summed E-state index contributed by atoms with van der Waals surface area (Å²) < 4.78 is 25.3. The average Bonchev–Trinajstić information content (AvgIpc) is 1.25. The zero-order valence-corrected chi connectivity index (χ0v) is 5.47. The van der Waals surface area contributed by atoms with Gasteiger partial charge >= 0.3 is 10.6 Å². The van der Waals surface area contributed by atoms with E-state index < -0.39 is 10.6 Å². The van der Waals surface area contributed by atoms with Gasteiger partial charge in [-0.2, -0.15) is 0 Å². The van der Waals surface area contributed by atoms with Crippen molar-refractivity contribution < 1.29 is 17.7 Å². The Morgan fingerprint density at radius 1 is 1.25 bits per heavy atom. The van der Waals surface area contributed by atoms with Gasteiger partial charge in [0.15, 0.2) is 0 Å². The number of hydrogen-bond donors (Lipinski definition) is 1. The molecule has 5 heteroatoms. The van der Waals surface area contributed by atoms with Crippen LogP contribution in [0.25, 0.3) is 0 Å². The molecule has 0 aromatic heterocycles. The van der Waals surface area contributed by atoms with E-state index >= 15 is 0 Å². The van der Waals surface area contributed by atoms with Gasteiger partial charge < -0.3 is 5.11 Å². The van der Waals surface area contributed by atoms with Gasteiger partial charge in [0, 0.05) is 6.10 Å². The predicted octanol–water partition coefficient (Wildman–Crippen LogP) is -0.617. The molecular formula is C3H8O4S. The third-order valence-electron chi connectivity index (χ3n) is 0. The lowest BCUT2D eigenvalue weighted by Gasteiger charge is -1.80. The van der Waals surface area contributed by atoms with Crippen LogP contribution >= 0.6 is 0 Å². The van der Waals surface area contributed by atoms with Crippen LogP contribution in [0.1, 0.15) is 13.8 Å². The second kappa shape index (κ2) is 6.58. The van der Waals surface area contributed by atoms with Gasteiger partial charge in [0.25, 0.3) is 0 Å². The summed E-state index contributed by atoms with van der Waals surface area (Å²) in [6.45, 7) is 3.44. The van der Waals surface area contributed by atoms with Crippen LogP contribution in [0.2, 0.25) is 0 Å². The molecule has 50 valence electrons. The Morgan fingerprint density at radius 3 is 1.25 bits per heavy atom. The van der Waals surface area contributed by atoms with Crippen molar-refractivity contribution in [3.8, 4) is 0 Å². The summed E-state index contributed by atoms with van der Waals surface area (Å²) in [7, 11) is -3.11. The molecular weight excluding hydrogens is 132 g/mol. The second-order valence-corrected chi connectivity index (χ2v) is 1.71.